The van der Waals surface area contributed by atoms with Crippen molar-refractivity contribution in [3.05, 3.63) is 54.1 Å². The third kappa shape index (κ3) is 5.97. The van der Waals surface area contributed by atoms with E-state index in [2.05, 4.69) is 29.3 Å². The van der Waals surface area contributed by atoms with Crippen molar-refractivity contribution < 1.29 is 17.5 Å². The molecule has 0 atom stereocenters. The largest absolute Gasteiger partial charge is 0.361 e. The molecule has 3 rings (SSSR count). The average Bonchev–Trinajstić information content (AvgIpc) is 3.03. The lowest BCUT2D eigenvalue weighted by Gasteiger charge is -2.15. The molecule has 0 radical (unpaired) electrons. The van der Waals surface area contributed by atoms with Gasteiger partial charge in [0.1, 0.15) is 18.2 Å². The van der Waals surface area contributed by atoms with Crippen LogP contribution in [0.4, 0.5) is 4.39 Å². The highest BCUT2D eigenvalue weighted by atomic mass is 32.2. The second kappa shape index (κ2) is 8.97. The van der Waals surface area contributed by atoms with E-state index in [1.807, 2.05) is 35.0 Å². The molecule has 0 saturated heterocycles. The Labute approximate surface area is 178 Å². The molecule has 1 aromatic carbocycles. The van der Waals surface area contributed by atoms with Crippen LogP contribution in [0.1, 0.15) is 5.56 Å². The molecule has 2 heterocycles. The summed E-state index contributed by atoms with van der Waals surface area (Å²) in [7, 11) is -4.44. The molecule has 0 spiro atoms. The smallest absolute Gasteiger partial charge is 0.209 e. The molecule has 1 N–H and O–H groups in total. The number of ether oxygens (including phenoxy) is 1. The van der Waals surface area contributed by atoms with Crippen LogP contribution in [0.3, 0.4) is 0 Å². The van der Waals surface area contributed by atoms with Crippen LogP contribution in [0.5, 0.6) is 0 Å². The number of rotatable bonds is 9. The number of halogens is 1. The van der Waals surface area contributed by atoms with E-state index in [0.29, 0.717) is 24.4 Å². The maximum absolute atomic E-state index is 14.7. The molecule has 3 aromatic rings. The number of fused-ring (bicyclic) bond motifs is 1. The van der Waals surface area contributed by atoms with Crippen LogP contribution in [-0.2, 0) is 28.0 Å². The van der Waals surface area contributed by atoms with Crippen molar-refractivity contribution in [1.29, 1.82) is 0 Å². The van der Waals surface area contributed by atoms with Gasteiger partial charge in [0.05, 0.1) is 11.6 Å². The van der Waals surface area contributed by atoms with Gasteiger partial charge in [0.15, 0.2) is 0 Å². The summed E-state index contributed by atoms with van der Waals surface area (Å²) in [6, 6.07) is 9.79. The summed E-state index contributed by atoms with van der Waals surface area (Å²) >= 11 is 0. The van der Waals surface area contributed by atoms with E-state index >= 15 is 0 Å². The zero-order valence-electron chi connectivity index (χ0n) is 17.8. The van der Waals surface area contributed by atoms with Gasteiger partial charge in [0.25, 0.3) is 0 Å². The van der Waals surface area contributed by atoms with Crippen LogP contribution < -0.4 is 4.72 Å². The summed E-state index contributed by atoms with van der Waals surface area (Å²) in [5.74, 6) is -0.335. The number of hydrogen-bond donors (Lipinski definition) is 1. The van der Waals surface area contributed by atoms with Crippen molar-refractivity contribution >= 4 is 29.1 Å². The van der Waals surface area contributed by atoms with Crippen LogP contribution >= 0.6 is 0 Å². The van der Waals surface area contributed by atoms with Crippen LogP contribution in [-0.4, -0.2) is 38.9 Å². The third-order valence-electron chi connectivity index (χ3n) is 4.74. The zero-order chi connectivity index (χ0) is 21.9. The molecule has 162 valence electrons. The van der Waals surface area contributed by atoms with Gasteiger partial charge in [0, 0.05) is 39.2 Å². The Bertz CT molecular complexity index is 1120. The first kappa shape index (κ1) is 22.6. The number of pyridine rings is 1. The van der Waals surface area contributed by atoms with Gasteiger partial charge in [-0.1, -0.05) is 43.9 Å². The topological polar surface area (TPSA) is 73.2 Å². The lowest BCUT2D eigenvalue weighted by molar-refractivity contribution is 0.0899. The van der Waals surface area contributed by atoms with Gasteiger partial charge in [-0.2, -0.15) is 0 Å². The molecule has 2 aromatic heterocycles. The molecular weight excluding hydrogens is 421 g/mol. The SMILES string of the molecule is C[Si](C)(C)CCOCn1cc(-c2ccc(CNS(C)(=O)=O)cc2)c2c(F)ccnc21. The quantitative estimate of drug-likeness (QED) is 0.392. The monoisotopic (exact) mass is 449 g/mol. The van der Waals surface area contributed by atoms with Crippen molar-refractivity contribution in [2.45, 2.75) is 39.0 Å². The first-order chi connectivity index (χ1) is 14.0. The van der Waals surface area contributed by atoms with Gasteiger partial charge >= 0.3 is 0 Å². The van der Waals surface area contributed by atoms with Crippen LogP contribution in [0.2, 0.25) is 25.7 Å². The molecule has 0 unspecified atom stereocenters. The summed E-state index contributed by atoms with van der Waals surface area (Å²) in [6.07, 6.45) is 4.44. The predicted molar refractivity (Wildman–Crippen MR) is 121 cm³/mol. The van der Waals surface area contributed by atoms with Crippen molar-refractivity contribution in [2.75, 3.05) is 12.9 Å². The fourth-order valence-corrected chi connectivity index (χ4v) is 4.24. The van der Waals surface area contributed by atoms with E-state index < -0.39 is 18.1 Å². The Morgan fingerprint density at radius 2 is 1.87 bits per heavy atom. The Morgan fingerprint density at radius 3 is 2.50 bits per heavy atom. The maximum Gasteiger partial charge on any atom is 0.209 e. The van der Waals surface area contributed by atoms with Crippen molar-refractivity contribution in [2.24, 2.45) is 0 Å². The Morgan fingerprint density at radius 1 is 1.17 bits per heavy atom. The second-order valence-electron chi connectivity index (χ2n) is 8.64. The fraction of sp³-hybridized carbons (Fsp3) is 0.381. The zero-order valence-corrected chi connectivity index (χ0v) is 19.6. The van der Waals surface area contributed by atoms with Crippen molar-refractivity contribution in [1.82, 2.24) is 14.3 Å². The van der Waals surface area contributed by atoms with Crippen LogP contribution in [0.15, 0.2) is 42.7 Å². The lowest BCUT2D eigenvalue weighted by atomic mass is 10.0. The maximum atomic E-state index is 14.7. The number of nitrogens with one attached hydrogen (secondary N) is 1. The molecule has 0 fully saturated rings. The summed E-state index contributed by atoms with van der Waals surface area (Å²) in [5.41, 5.74) is 2.92. The van der Waals surface area contributed by atoms with Gasteiger partial charge in [-0.25, -0.2) is 22.5 Å². The van der Waals surface area contributed by atoms with E-state index in [9.17, 15) is 12.8 Å². The van der Waals surface area contributed by atoms with E-state index in [0.717, 1.165) is 29.0 Å². The molecule has 0 amide bonds. The summed E-state index contributed by atoms with van der Waals surface area (Å²) < 4.78 is 47.3. The van der Waals surface area contributed by atoms with Gasteiger partial charge in [-0.05, 0) is 23.2 Å². The molecule has 0 bridgehead atoms. The van der Waals surface area contributed by atoms with E-state index in [-0.39, 0.29) is 12.4 Å². The second-order valence-corrected chi connectivity index (χ2v) is 16.1. The minimum absolute atomic E-state index is 0.210. The van der Waals surface area contributed by atoms with Gasteiger partial charge in [-0.15, -0.1) is 0 Å². The van der Waals surface area contributed by atoms with Gasteiger partial charge in [0.2, 0.25) is 10.0 Å². The standard InChI is InChI=1S/C21H28FN3O3SSi/c1-29(26,27)24-13-16-5-7-17(8-6-16)18-14-25(15-28-11-12-30(2,3)4)21-20(18)19(22)9-10-23-21/h5-10,14,24H,11-13,15H2,1-4H3. The lowest BCUT2D eigenvalue weighted by Crippen LogP contribution is -2.22. The first-order valence-corrected chi connectivity index (χ1v) is 15.4. The Balaban J connectivity index is 1.85. The van der Waals surface area contributed by atoms with E-state index in [4.69, 9.17) is 4.74 Å². The van der Waals surface area contributed by atoms with Crippen molar-refractivity contribution in [3.8, 4) is 11.1 Å². The molecule has 30 heavy (non-hydrogen) atoms. The highest BCUT2D eigenvalue weighted by Gasteiger charge is 2.16. The number of aromatic nitrogens is 2. The van der Waals surface area contributed by atoms with E-state index in [1.165, 1.54) is 12.3 Å². The van der Waals surface area contributed by atoms with Crippen molar-refractivity contribution in [3.63, 3.8) is 0 Å². The fourth-order valence-electron chi connectivity index (χ4n) is 3.05. The molecule has 0 saturated carbocycles. The Kier molecular flexibility index (Phi) is 6.76. The summed E-state index contributed by atoms with van der Waals surface area (Å²) in [4.78, 5) is 4.36. The average molecular weight is 450 g/mol. The normalized spacial score (nSPS) is 12.6. The highest BCUT2D eigenvalue weighted by Crippen LogP contribution is 2.32. The number of benzene rings is 1. The molecule has 0 aliphatic heterocycles. The third-order valence-corrected chi connectivity index (χ3v) is 7.11. The minimum atomic E-state index is -3.26. The summed E-state index contributed by atoms with van der Waals surface area (Å²) in [6.45, 7) is 8.08. The van der Waals surface area contributed by atoms with Gasteiger partial charge < -0.3 is 9.30 Å². The molecular formula is C21H28FN3O3SSi. The molecule has 6 nitrogen and oxygen atoms in total. The highest BCUT2D eigenvalue weighted by molar-refractivity contribution is 7.88. The van der Waals surface area contributed by atoms with Crippen LogP contribution in [0.25, 0.3) is 22.2 Å². The Hall–Kier alpha value is -2.07. The molecule has 9 heteroatoms. The van der Waals surface area contributed by atoms with Crippen LogP contribution in [0, 0.1) is 5.82 Å². The molecule has 0 aliphatic carbocycles. The van der Waals surface area contributed by atoms with E-state index in [1.54, 1.807) is 0 Å². The first-order valence-electron chi connectivity index (χ1n) is 9.78. The number of sulfonamides is 1. The molecule has 0 aliphatic rings. The number of hydrogen-bond acceptors (Lipinski definition) is 4. The number of nitrogens with zero attached hydrogens (tertiary/aromatic N) is 2. The minimum Gasteiger partial charge on any atom is -0.361 e. The summed E-state index contributed by atoms with van der Waals surface area (Å²) in [5, 5.41) is 0.452. The van der Waals surface area contributed by atoms with Gasteiger partial charge in [-0.3, -0.25) is 0 Å². The predicted octanol–water partition coefficient (Wildman–Crippen LogP) is 4.20.